The van der Waals surface area contributed by atoms with E-state index >= 15 is 0 Å². The zero-order chi connectivity index (χ0) is 15.2. The predicted octanol–water partition coefficient (Wildman–Crippen LogP) is 0.408. The molecule has 1 heterocycles. The second-order valence-corrected chi connectivity index (χ2v) is 3.84. The number of anilines is 1. The molecule has 0 saturated carbocycles. The van der Waals surface area contributed by atoms with Gasteiger partial charge >= 0.3 is 0 Å². The zero-order valence-electron chi connectivity index (χ0n) is 11.5. The molecule has 0 bridgehead atoms. The van der Waals surface area contributed by atoms with Crippen LogP contribution in [-0.4, -0.2) is 36.6 Å². The van der Waals surface area contributed by atoms with E-state index in [9.17, 15) is 0 Å². The summed E-state index contributed by atoms with van der Waals surface area (Å²) in [6.07, 6.45) is 1.50. The van der Waals surface area contributed by atoms with Gasteiger partial charge in [0.2, 0.25) is 0 Å². The average Bonchev–Trinajstić information content (AvgIpc) is 2.93. The first kappa shape index (κ1) is 14.3. The Kier molecular flexibility index (Phi) is 4.34. The van der Waals surface area contributed by atoms with Crippen molar-refractivity contribution in [2.45, 2.75) is 0 Å². The molecule has 0 radical (unpaired) electrons. The number of aromatic nitrogens is 2. The number of hydrogen-bond acceptors (Lipinski definition) is 8. The van der Waals surface area contributed by atoms with E-state index in [1.807, 2.05) is 0 Å². The highest BCUT2D eigenvalue weighted by atomic mass is 16.6. The van der Waals surface area contributed by atoms with Gasteiger partial charge in [-0.05, 0) is 34.1 Å². The van der Waals surface area contributed by atoms with Gasteiger partial charge < -0.3 is 20.9 Å². The molecular formula is C12H14N6O3. The molecule has 0 saturated heterocycles. The molecule has 9 nitrogen and oxygen atoms in total. The van der Waals surface area contributed by atoms with Gasteiger partial charge in [0.25, 0.3) is 0 Å². The van der Waals surface area contributed by atoms with Gasteiger partial charge in [0.1, 0.15) is 0 Å². The van der Waals surface area contributed by atoms with Gasteiger partial charge in [-0.25, -0.2) is 4.63 Å². The SMILES string of the molecule is COc1ccc(/C=N/N=C(\N)c2nonc2N)cc1OC. The molecule has 2 rings (SSSR count). The van der Waals surface area contributed by atoms with Crippen LogP contribution in [0.3, 0.4) is 0 Å². The minimum atomic E-state index is 0.00507. The molecule has 0 unspecified atom stereocenters. The largest absolute Gasteiger partial charge is 0.493 e. The van der Waals surface area contributed by atoms with Crippen molar-refractivity contribution in [1.29, 1.82) is 0 Å². The van der Waals surface area contributed by atoms with E-state index in [1.54, 1.807) is 32.4 Å². The standard InChI is InChI=1S/C12H14N6O3/c1-19-8-4-3-7(5-9(8)20-2)6-15-16-11(13)10-12(14)18-21-17-10/h3-6H,1-2H3,(H2,13,16)(H2,14,18)/b15-6+. The molecule has 0 aliphatic heterocycles. The van der Waals surface area contributed by atoms with Crippen molar-refractivity contribution >= 4 is 17.9 Å². The van der Waals surface area contributed by atoms with Crippen LogP contribution in [0.4, 0.5) is 5.82 Å². The number of rotatable bonds is 5. The monoisotopic (exact) mass is 290 g/mol. The highest BCUT2D eigenvalue weighted by molar-refractivity contribution is 5.99. The third-order valence-electron chi connectivity index (χ3n) is 2.54. The van der Waals surface area contributed by atoms with Crippen LogP contribution in [0.1, 0.15) is 11.3 Å². The summed E-state index contributed by atoms with van der Waals surface area (Å²) in [4.78, 5) is 0. The maximum absolute atomic E-state index is 5.66. The Morgan fingerprint density at radius 3 is 2.62 bits per heavy atom. The van der Waals surface area contributed by atoms with Gasteiger partial charge in [0.05, 0.1) is 20.4 Å². The Morgan fingerprint density at radius 2 is 2.00 bits per heavy atom. The zero-order valence-corrected chi connectivity index (χ0v) is 11.5. The Bertz CT molecular complexity index is 679. The molecule has 0 amide bonds. The summed E-state index contributed by atoms with van der Waals surface area (Å²) in [7, 11) is 3.11. The summed E-state index contributed by atoms with van der Waals surface area (Å²) in [6.45, 7) is 0. The lowest BCUT2D eigenvalue weighted by molar-refractivity contribution is 0.308. The van der Waals surface area contributed by atoms with Crippen molar-refractivity contribution < 1.29 is 14.1 Å². The third-order valence-corrected chi connectivity index (χ3v) is 2.54. The summed E-state index contributed by atoms with van der Waals surface area (Å²) in [5, 5.41) is 14.5. The molecule has 0 spiro atoms. The van der Waals surface area contributed by atoms with Crippen LogP contribution in [0.15, 0.2) is 33.0 Å². The number of hydrogen-bond donors (Lipinski definition) is 2. The third kappa shape index (κ3) is 3.26. The van der Waals surface area contributed by atoms with Gasteiger partial charge in [0.15, 0.2) is 28.8 Å². The molecule has 0 fully saturated rings. The van der Waals surface area contributed by atoms with Gasteiger partial charge in [-0.15, -0.1) is 5.10 Å². The van der Waals surface area contributed by atoms with Crippen molar-refractivity contribution in [3.63, 3.8) is 0 Å². The molecule has 0 atom stereocenters. The molecule has 21 heavy (non-hydrogen) atoms. The van der Waals surface area contributed by atoms with E-state index in [0.29, 0.717) is 11.5 Å². The van der Waals surface area contributed by atoms with Gasteiger partial charge in [-0.1, -0.05) is 0 Å². The molecule has 9 heteroatoms. The first-order valence-electron chi connectivity index (χ1n) is 5.82. The first-order valence-corrected chi connectivity index (χ1v) is 5.82. The van der Waals surface area contributed by atoms with Crippen LogP contribution >= 0.6 is 0 Å². The molecular weight excluding hydrogens is 276 g/mol. The van der Waals surface area contributed by atoms with Crippen molar-refractivity contribution in [3.05, 3.63) is 29.5 Å². The summed E-state index contributed by atoms with van der Waals surface area (Å²) in [6, 6.07) is 5.30. The van der Waals surface area contributed by atoms with E-state index in [2.05, 4.69) is 25.1 Å². The van der Waals surface area contributed by atoms with Crippen LogP contribution < -0.4 is 20.9 Å². The number of nitrogens with two attached hydrogens (primary N) is 2. The fourth-order valence-electron chi connectivity index (χ4n) is 1.51. The van der Waals surface area contributed by atoms with E-state index < -0.39 is 0 Å². The number of methoxy groups -OCH3 is 2. The molecule has 0 aliphatic carbocycles. The lowest BCUT2D eigenvalue weighted by atomic mass is 10.2. The fraction of sp³-hybridized carbons (Fsp3) is 0.167. The molecule has 0 aliphatic rings. The normalized spacial score (nSPS) is 11.8. The molecule has 4 N–H and O–H groups in total. The smallest absolute Gasteiger partial charge is 0.199 e. The van der Waals surface area contributed by atoms with Gasteiger partial charge in [0, 0.05) is 0 Å². The van der Waals surface area contributed by atoms with Crippen LogP contribution in [0.25, 0.3) is 0 Å². The lowest BCUT2D eigenvalue weighted by Crippen LogP contribution is -2.15. The number of nitrogens with zero attached hydrogens (tertiary/aromatic N) is 4. The Morgan fingerprint density at radius 1 is 1.24 bits per heavy atom. The number of benzene rings is 1. The van der Waals surface area contributed by atoms with Crippen molar-refractivity contribution in [2.75, 3.05) is 20.0 Å². The fourth-order valence-corrected chi connectivity index (χ4v) is 1.51. The summed E-state index contributed by atoms with van der Waals surface area (Å²) >= 11 is 0. The predicted molar refractivity (Wildman–Crippen MR) is 76.6 cm³/mol. The Hall–Kier alpha value is -3.10. The molecule has 1 aromatic heterocycles. The summed E-state index contributed by atoms with van der Waals surface area (Å²) in [5.74, 6) is 1.27. The maximum Gasteiger partial charge on any atom is 0.199 e. The minimum Gasteiger partial charge on any atom is -0.493 e. The number of nitrogen functional groups attached to an aromatic ring is 1. The molecule has 1 aromatic carbocycles. The lowest BCUT2D eigenvalue weighted by Gasteiger charge is -2.07. The quantitative estimate of drug-likeness (QED) is 0.462. The maximum atomic E-state index is 5.66. The molecule has 2 aromatic rings. The van der Waals surface area contributed by atoms with E-state index in [1.165, 1.54) is 6.21 Å². The van der Waals surface area contributed by atoms with Crippen LogP contribution in [0.2, 0.25) is 0 Å². The average molecular weight is 290 g/mol. The van der Waals surface area contributed by atoms with Crippen molar-refractivity contribution in [2.24, 2.45) is 15.9 Å². The van der Waals surface area contributed by atoms with E-state index in [0.717, 1.165) is 5.56 Å². The molecule has 110 valence electrons. The van der Waals surface area contributed by atoms with Crippen LogP contribution in [-0.2, 0) is 0 Å². The first-order chi connectivity index (χ1) is 10.2. The Balaban J connectivity index is 2.16. The minimum absolute atomic E-state index is 0.00507. The van der Waals surface area contributed by atoms with Crippen LogP contribution in [0.5, 0.6) is 11.5 Å². The highest BCUT2D eigenvalue weighted by Crippen LogP contribution is 2.26. The van der Waals surface area contributed by atoms with Crippen LogP contribution in [0, 0.1) is 0 Å². The highest BCUT2D eigenvalue weighted by Gasteiger charge is 2.10. The van der Waals surface area contributed by atoms with Crippen molar-refractivity contribution in [1.82, 2.24) is 10.3 Å². The second-order valence-electron chi connectivity index (χ2n) is 3.84. The Labute approximate surface area is 120 Å². The van der Waals surface area contributed by atoms with Crippen molar-refractivity contribution in [3.8, 4) is 11.5 Å². The van der Waals surface area contributed by atoms with Gasteiger partial charge in [-0.3, -0.25) is 0 Å². The van der Waals surface area contributed by atoms with E-state index in [4.69, 9.17) is 20.9 Å². The van der Waals surface area contributed by atoms with Gasteiger partial charge in [-0.2, -0.15) is 5.10 Å². The number of ether oxygens (including phenoxy) is 2. The topological polar surface area (TPSA) is 134 Å². The number of amidine groups is 1. The summed E-state index contributed by atoms with van der Waals surface area (Å²) < 4.78 is 14.7. The second kappa shape index (κ2) is 6.37. The summed E-state index contributed by atoms with van der Waals surface area (Å²) in [5.41, 5.74) is 12.1. The van der Waals surface area contributed by atoms with E-state index in [-0.39, 0.29) is 17.3 Å².